The zero-order valence-corrected chi connectivity index (χ0v) is 15.3. The number of rotatable bonds is 3. The Labute approximate surface area is 136 Å². The van der Waals surface area contributed by atoms with E-state index in [4.69, 9.17) is 0 Å². The van der Waals surface area contributed by atoms with Gasteiger partial charge in [0.2, 0.25) is 0 Å². The molecule has 0 radical (unpaired) electrons. The molecule has 0 aliphatic carbocycles. The van der Waals surface area contributed by atoms with E-state index in [1.165, 1.54) is 44.8 Å². The number of nitrogens with zero attached hydrogens (tertiary/aromatic N) is 1. The second-order valence-corrected chi connectivity index (χ2v) is 6.78. The van der Waals surface area contributed by atoms with Crippen molar-refractivity contribution >= 4 is 11.4 Å². The summed E-state index contributed by atoms with van der Waals surface area (Å²) in [6.45, 7) is 15.6. The Morgan fingerprint density at radius 3 is 1.50 bits per heavy atom. The Hall–Kier alpha value is -1.76. The van der Waals surface area contributed by atoms with E-state index in [-0.39, 0.29) is 0 Å². The zero-order valence-electron chi connectivity index (χ0n) is 15.3. The molecule has 0 atom stereocenters. The van der Waals surface area contributed by atoms with Crippen LogP contribution in [0.4, 0.5) is 11.4 Å². The summed E-state index contributed by atoms with van der Waals surface area (Å²) < 4.78 is 0. The maximum absolute atomic E-state index is 2.33. The van der Waals surface area contributed by atoms with Crippen LogP contribution >= 0.6 is 0 Å². The average molecular weight is 295 g/mol. The van der Waals surface area contributed by atoms with Crippen LogP contribution in [0.2, 0.25) is 0 Å². The Kier molecular flexibility index (Phi) is 4.65. The minimum absolute atomic E-state index is 0.576. The van der Waals surface area contributed by atoms with Gasteiger partial charge in [-0.1, -0.05) is 26.0 Å². The molecule has 0 bridgehead atoms. The van der Waals surface area contributed by atoms with Crippen LogP contribution in [0.3, 0.4) is 0 Å². The first-order chi connectivity index (χ1) is 10.3. The summed E-state index contributed by atoms with van der Waals surface area (Å²) >= 11 is 0. The van der Waals surface area contributed by atoms with Gasteiger partial charge in [-0.2, -0.15) is 0 Å². The highest BCUT2D eigenvalue weighted by molar-refractivity contribution is 5.73. The quantitative estimate of drug-likeness (QED) is 0.659. The van der Waals surface area contributed by atoms with Crippen molar-refractivity contribution in [3.8, 4) is 0 Å². The van der Waals surface area contributed by atoms with Crippen LogP contribution in [0.15, 0.2) is 24.3 Å². The van der Waals surface area contributed by atoms with Crippen LogP contribution in [-0.4, -0.2) is 7.05 Å². The smallest absolute Gasteiger partial charge is 0.0473 e. The topological polar surface area (TPSA) is 3.24 Å². The first-order valence-corrected chi connectivity index (χ1v) is 8.16. The molecule has 0 saturated heterocycles. The van der Waals surface area contributed by atoms with Gasteiger partial charge in [-0.05, 0) is 86.1 Å². The van der Waals surface area contributed by atoms with Crippen molar-refractivity contribution in [2.75, 3.05) is 11.9 Å². The van der Waals surface area contributed by atoms with Gasteiger partial charge in [-0.15, -0.1) is 0 Å². The largest absolute Gasteiger partial charge is 0.344 e. The summed E-state index contributed by atoms with van der Waals surface area (Å²) in [5, 5.41) is 0. The van der Waals surface area contributed by atoms with E-state index in [0.717, 1.165) is 0 Å². The molecule has 0 saturated carbocycles. The van der Waals surface area contributed by atoms with Crippen molar-refractivity contribution in [1.82, 2.24) is 0 Å². The molecule has 0 aliphatic rings. The third-order valence-corrected chi connectivity index (χ3v) is 5.24. The maximum atomic E-state index is 2.33. The molecule has 0 amide bonds. The van der Waals surface area contributed by atoms with Crippen LogP contribution in [-0.2, 0) is 0 Å². The number of anilines is 2. The predicted molar refractivity (Wildman–Crippen MR) is 98.7 cm³/mol. The van der Waals surface area contributed by atoms with E-state index in [2.05, 4.69) is 84.7 Å². The lowest BCUT2D eigenvalue weighted by Crippen LogP contribution is -2.14. The zero-order chi connectivity index (χ0) is 16.6. The van der Waals surface area contributed by atoms with Crippen molar-refractivity contribution in [3.05, 3.63) is 57.6 Å². The molecule has 22 heavy (non-hydrogen) atoms. The average Bonchev–Trinajstić information content (AvgIpc) is 2.51. The van der Waals surface area contributed by atoms with E-state index in [1.54, 1.807) is 0 Å². The molecule has 2 rings (SSSR count). The SMILES string of the molecule is Cc1c(C)c(C)c(N(C)c2ccc(C(C)C)cc2)c(C)c1C. The van der Waals surface area contributed by atoms with E-state index in [0.29, 0.717) is 5.92 Å². The molecule has 0 aliphatic heterocycles. The maximum Gasteiger partial charge on any atom is 0.0473 e. The molecule has 0 heterocycles. The summed E-state index contributed by atoms with van der Waals surface area (Å²) in [6, 6.07) is 8.96. The van der Waals surface area contributed by atoms with Crippen LogP contribution in [0.1, 0.15) is 53.1 Å². The molecule has 118 valence electrons. The van der Waals surface area contributed by atoms with Crippen molar-refractivity contribution in [1.29, 1.82) is 0 Å². The molecule has 1 nitrogen and oxygen atoms in total. The first kappa shape index (κ1) is 16.6. The van der Waals surface area contributed by atoms with Crippen molar-refractivity contribution in [2.45, 2.75) is 54.4 Å². The molecule has 0 fully saturated rings. The van der Waals surface area contributed by atoms with Crippen molar-refractivity contribution in [2.24, 2.45) is 0 Å². The second kappa shape index (κ2) is 6.16. The van der Waals surface area contributed by atoms with Gasteiger partial charge >= 0.3 is 0 Å². The normalized spacial score (nSPS) is 11.1. The van der Waals surface area contributed by atoms with Crippen LogP contribution in [0, 0.1) is 34.6 Å². The lowest BCUT2D eigenvalue weighted by atomic mass is 9.92. The standard InChI is InChI=1S/C21H29N/c1-13(2)19-9-11-20(12-10-19)22(8)21-17(6)15(4)14(3)16(5)18(21)7/h9-13H,1-8H3. The Morgan fingerprint density at radius 2 is 1.09 bits per heavy atom. The molecule has 0 unspecified atom stereocenters. The van der Waals surface area contributed by atoms with Gasteiger partial charge in [0.25, 0.3) is 0 Å². The minimum Gasteiger partial charge on any atom is -0.344 e. The molecule has 2 aromatic carbocycles. The van der Waals surface area contributed by atoms with Gasteiger partial charge in [0.1, 0.15) is 0 Å². The summed E-state index contributed by atoms with van der Waals surface area (Å²) in [4.78, 5) is 2.33. The predicted octanol–water partition coefficient (Wildman–Crippen LogP) is 6.12. The van der Waals surface area contributed by atoms with Crippen molar-refractivity contribution < 1.29 is 0 Å². The van der Waals surface area contributed by atoms with Gasteiger partial charge in [0.15, 0.2) is 0 Å². The second-order valence-electron chi connectivity index (χ2n) is 6.78. The lowest BCUT2D eigenvalue weighted by Gasteiger charge is -2.27. The Bertz CT molecular complexity index is 649. The summed E-state index contributed by atoms with van der Waals surface area (Å²) in [5.74, 6) is 0.576. The Morgan fingerprint density at radius 1 is 0.682 bits per heavy atom. The molecule has 0 N–H and O–H groups in total. The van der Waals surface area contributed by atoms with Gasteiger partial charge in [-0.3, -0.25) is 0 Å². The van der Waals surface area contributed by atoms with Gasteiger partial charge < -0.3 is 4.90 Å². The van der Waals surface area contributed by atoms with E-state index in [1.807, 2.05) is 0 Å². The molecular formula is C21H29N. The molecule has 2 aromatic rings. The first-order valence-electron chi connectivity index (χ1n) is 8.16. The number of hydrogen-bond donors (Lipinski definition) is 0. The summed E-state index contributed by atoms with van der Waals surface area (Å²) in [5.41, 5.74) is 11.0. The number of hydrogen-bond acceptors (Lipinski definition) is 1. The fourth-order valence-electron chi connectivity index (χ4n) is 3.20. The fourth-order valence-corrected chi connectivity index (χ4v) is 3.20. The highest BCUT2D eigenvalue weighted by Gasteiger charge is 2.16. The van der Waals surface area contributed by atoms with Gasteiger partial charge in [-0.25, -0.2) is 0 Å². The summed E-state index contributed by atoms with van der Waals surface area (Å²) in [6.07, 6.45) is 0. The highest BCUT2D eigenvalue weighted by Crippen LogP contribution is 2.36. The lowest BCUT2D eigenvalue weighted by molar-refractivity contribution is 0.866. The van der Waals surface area contributed by atoms with Crippen LogP contribution < -0.4 is 4.90 Å². The summed E-state index contributed by atoms with van der Waals surface area (Å²) in [7, 11) is 2.17. The van der Waals surface area contributed by atoms with E-state index >= 15 is 0 Å². The van der Waals surface area contributed by atoms with Crippen LogP contribution in [0.25, 0.3) is 0 Å². The van der Waals surface area contributed by atoms with Crippen LogP contribution in [0.5, 0.6) is 0 Å². The number of benzene rings is 2. The van der Waals surface area contributed by atoms with Gasteiger partial charge in [0, 0.05) is 18.4 Å². The van der Waals surface area contributed by atoms with E-state index in [9.17, 15) is 0 Å². The van der Waals surface area contributed by atoms with Gasteiger partial charge in [0.05, 0.1) is 0 Å². The third-order valence-electron chi connectivity index (χ3n) is 5.24. The van der Waals surface area contributed by atoms with E-state index < -0.39 is 0 Å². The third kappa shape index (κ3) is 2.77. The highest BCUT2D eigenvalue weighted by atomic mass is 15.1. The monoisotopic (exact) mass is 295 g/mol. The Balaban J connectivity index is 2.52. The molecule has 0 spiro atoms. The molecular weight excluding hydrogens is 266 g/mol. The molecule has 1 heteroatoms. The van der Waals surface area contributed by atoms with Crippen molar-refractivity contribution in [3.63, 3.8) is 0 Å². The fraction of sp³-hybridized carbons (Fsp3) is 0.429. The molecule has 0 aromatic heterocycles. The minimum atomic E-state index is 0.576.